The molecular formula is C58H65Cl2F3SiZr-2. The molecule has 0 saturated heterocycles. The van der Waals surface area contributed by atoms with Crippen molar-refractivity contribution in [2.45, 2.75) is 142 Å². The van der Waals surface area contributed by atoms with Crippen LogP contribution in [0.3, 0.4) is 0 Å². The zero-order chi connectivity index (χ0) is 44.4. The van der Waals surface area contributed by atoms with Crippen LogP contribution in [0.1, 0.15) is 134 Å². The molecule has 6 aliphatic carbocycles. The first kappa shape index (κ1) is 51.7. The summed E-state index contributed by atoms with van der Waals surface area (Å²) in [5.41, 5.74) is 11.2. The molecule has 342 valence electrons. The van der Waals surface area contributed by atoms with Crippen molar-refractivity contribution in [1.82, 2.24) is 0 Å². The third-order valence-corrected chi connectivity index (χ3v) is 18.3. The van der Waals surface area contributed by atoms with E-state index in [0.717, 1.165) is 11.8 Å². The largest absolute Gasteiger partial charge is 1.00 e. The van der Waals surface area contributed by atoms with Crippen LogP contribution >= 0.6 is 0 Å². The number of rotatable bonds is 10. The maximum atomic E-state index is 11.4. The molecule has 10 rings (SSSR count). The predicted molar refractivity (Wildman–Crippen MR) is 257 cm³/mol. The molecule has 0 spiro atoms. The maximum Gasteiger partial charge on any atom is -1.00 e. The van der Waals surface area contributed by atoms with Gasteiger partial charge in [0.2, 0.25) is 0 Å². The van der Waals surface area contributed by atoms with Crippen molar-refractivity contribution in [1.29, 1.82) is 0 Å². The second kappa shape index (κ2) is 22.2. The first-order valence-corrected chi connectivity index (χ1v) is 29.9. The summed E-state index contributed by atoms with van der Waals surface area (Å²) >= 11 is 1.29. The molecule has 4 bridgehead atoms. The summed E-state index contributed by atoms with van der Waals surface area (Å²) in [4.78, 5) is 0. The third kappa shape index (κ3) is 12.5. The fraction of sp³-hybridized carbons (Fsp3) is 0.448. The molecule has 4 saturated carbocycles. The smallest absolute Gasteiger partial charge is 1.00 e. The fourth-order valence-corrected chi connectivity index (χ4v) is 12.9. The molecule has 0 amide bonds. The number of benzene rings is 4. The molecule has 0 heterocycles. The molecule has 4 aromatic rings. The van der Waals surface area contributed by atoms with Gasteiger partial charge in [-0.2, -0.15) is 0 Å². The minimum absolute atomic E-state index is 0. The van der Waals surface area contributed by atoms with E-state index in [1.807, 2.05) is 6.55 Å². The minimum Gasteiger partial charge on any atom is -1.00 e. The average molecular weight is 1010 g/mol. The molecule has 2 atom stereocenters. The summed E-state index contributed by atoms with van der Waals surface area (Å²) in [5, 5.41) is 5.22. The fourth-order valence-electron chi connectivity index (χ4n) is 11.3. The Morgan fingerprint density at radius 1 is 0.646 bits per heavy atom. The van der Waals surface area contributed by atoms with Crippen LogP contribution in [0, 0.1) is 22.7 Å². The SMILES string of the molecule is CCC(C)c1ccc(-c2cccc3c2=CC(=CC24CCC(CC2)C4)[C-]=3)cc1.CCC(C)c1ccc(-c2cccc3c2=CC(=CC24CCC(CC2)C4)[C-]=3)cc1.C[Si](=[Zr+2])CCC(F)(F)F.[Cl-].[Cl-]. The normalized spacial score (nSPS) is 25.0. The molecule has 2 unspecified atom stereocenters. The van der Waals surface area contributed by atoms with Crippen LogP contribution in [0.2, 0.25) is 12.6 Å². The van der Waals surface area contributed by atoms with Gasteiger partial charge in [0.1, 0.15) is 0 Å². The molecule has 0 N–H and O–H groups in total. The van der Waals surface area contributed by atoms with E-state index in [1.54, 1.807) is 0 Å². The van der Waals surface area contributed by atoms with Gasteiger partial charge in [0, 0.05) is 0 Å². The van der Waals surface area contributed by atoms with Crippen LogP contribution in [0.15, 0.2) is 108 Å². The number of halogens is 5. The Morgan fingerprint density at radius 2 is 1.03 bits per heavy atom. The van der Waals surface area contributed by atoms with E-state index < -0.39 is 18.0 Å². The Hall–Kier alpha value is -2.69. The first-order valence-electron chi connectivity index (χ1n) is 24.0. The molecule has 6 aliphatic rings. The summed E-state index contributed by atoms with van der Waals surface area (Å²) in [5.74, 6) is 3.24. The van der Waals surface area contributed by atoms with Gasteiger partial charge >= 0.3 is 67.1 Å². The molecule has 4 aromatic carbocycles. The molecule has 0 radical (unpaired) electrons. The standard InChI is InChI=1S/2C27H29.C4H7F3Si.2ClH.Zr/c2*1-3-19(2)22-7-9-23(10-8-22)25-6-4-5-24-15-21(16-26(24)25)18-27-13-11-20(17-27)12-14-27;1-8-3-2-4(5,6)7;;;/h2*4-10,16,18-20H,3,11-14,17H2,1-2H3;2-3H2,1H3;2*1H;/q2*-1;;;;+2/p-2. The van der Waals surface area contributed by atoms with E-state index in [-0.39, 0.29) is 24.8 Å². The Morgan fingerprint density at radius 3 is 1.32 bits per heavy atom. The van der Waals surface area contributed by atoms with Crippen molar-refractivity contribution in [3.05, 3.63) is 140 Å². The zero-order valence-corrected chi connectivity index (χ0v) is 44.0. The average Bonchev–Trinajstić information content (AvgIpc) is 4.16. The predicted octanol–water partition coefficient (Wildman–Crippen LogP) is 7.77. The number of allylic oxidation sites excluding steroid dienone is 4. The topological polar surface area (TPSA) is 0 Å². The number of fused-ring (bicyclic) bond motifs is 6. The summed E-state index contributed by atoms with van der Waals surface area (Å²) in [6.45, 7) is 11.1. The molecule has 0 aromatic heterocycles. The number of hydrogen-bond donors (Lipinski definition) is 0. The van der Waals surface area contributed by atoms with Gasteiger partial charge in [-0.05, 0) is 82.4 Å². The van der Waals surface area contributed by atoms with Gasteiger partial charge in [0.25, 0.3) is 0 Å². The zero-order valence-electron chi connectivity index (χ0n) is 39.0. The quantitative estimate of drug-likeness (QED) is 0.113. The number of alkyl halides is 3. The number of hydrogen-bond acceptors (Lipinski definition) is 0. The maximum absolute atomic E-state index is 11.4. The Bertz CT molecular complexity index is 2440. The monoisotopic (exact) mass is 1010 g/mol. The summed E-state index contributed by atoms with van der Waals surface area (Å²) in [6, 6.07) is 32.1. The molecule has 0 nitrogen and oxygen atoms in total. The molecule has 0 aliphatic heterocycles. The minimum atomic E-state index is -3.93. The van der Waals surface area contributed by atoms with E-state index in [4.69, 9.17) is 0 Å². The second-order valence-electron chi connectivity index (χ2n) is 20.0. The molecule has 65 heavy (non-hydrogen) atoms. The summed E-state index contributed by atoms with van der Waals surface area (Å²) in [7, 11) is 0. The molecular weight excluding hydrogens is 944 g/mol. The van der Waals surface area contributed by atoms with Crippen molar-refractivity contribution >= 4 is 29.7 Å². The molecule has 7 heteroatoms. The Kier molecular flexibility index (Phi) is 17.6. The van der Waals surface area contributed by atoms with Gasteiger partial charge in [-0.1, -0.05) is 163 Å². The van der Waals surface area contributed by atoms with Gasteiger partial charge in [0.05, 0.1) is 0 Å². The van der Waals surface area contributed by atoms with Crippen molar-refractivity contribution in [3.8, 4) is 22.3 Å². The van der Waals surface area contributed by atoms with Crippen LogP contribution in [0.4, 0.5) is 13.2 Å². The van der Waals surface area contributed by atoms with E-state index >= 15 is 0 Å². The van der Waals surface area contributed by atoms with Crippen LogP contribution in [-0.2, 0) is 23.3 Å². The van der Waals surface area contributed by atoms with E-state index in [0.29, 0.717) is 28.7 Å². The van der Waals surface area contributed by atoms with Crippen molar-refractivity contribution < 1.29 is 61.3 Å². The van der Waals surface area contributed by atoms with Gasteiger partial charge in [-0.3, -0.25) is 0 Å². The third-order valence-electron chi connectivity index (χ3n) is 15.5. The van der Waals surface area contributed by atoms with Crippen molar-refractivity contribution in [2.24, 2.45) is 22.7 Å². The van der Waals surface area contributed by atoms with E-state index in [1.165, 1.54) is 166 Å². The van der Waals surface area contributed by atoms with Crippen LogP contribution in [0.25, 0.3) is 46.6 Å². The van der Waals surface area contributed by atoms with Crippen LogP contribution < -0.4 is 45.7 Å². The van der Waals surface area contributed by atoms with Crippen LogP contribution in [0.5, 0.6) is 0 Å². The summed E-state index contributed by atoms with van der Waals surface area (Å²) in [6.07, 6.45) is 29.3. The van der Waals surface area contributed by atoms with Crippen molar-refractivity contribution in [2.75, 3.05) is 0 Å². The van der Waals surface area contributed by atoms with Crippen molar-refractivity contribution in [3.63, 3.8) is 0 Å². The van der Waals surface area contributed by atoms with Crippen LogP contribution in [-0.4, -0.2) is 11.6 Å². The summed E-state index contributed by atoms with van der Waals surface area (Å²) < 4.78 is 34.3. The van der Waals surface area contributed by atoms with E-state index in [2.05, 4.69) is 149 Å². The molecule has 4 fully saturated rings. The first-order chi connectivity index (χ1) is 30.2. The van der Waals surface area contributed by atoms with Gasteiger partial charge in [0.15, 0.2) is 0 Å². The Balaban J connectivity index is 0.000000177. The van der Waals surface area contributed by atoms with Gasteiger partial charge < -0.3 is 24.8 Å². The van der Waals surface area contributed by atoms with Gasteiger partial charge in [-0.25, -0.2) is 0 Å². The Labute approximate surface area is 415 Å². The van der Waals surface area contributed by atoms with Gasteiger partial charge in [-0.15, -0.1) is 80.6 Å². The van der Waals surface area contributed by atoms with E-state index in [9.17, 15) is 13.2 Å². The second-order valence-corrected chi connectivity index (χ2v) is 28.4.